The van der Waals surface area contributed by atoms with Gasteiger partial charge in [0, 0.05) is 18.3 Å². The minimum absolute atomic E-state index is 0.265. The molecule has 1 aliphatic rings. The minimum atomic E-state index is -1.73. The molecule has 0 spiro atoms. The van der Waals surface area contributed by atoms with E-state index < -0.39 is 11.6 Å². The lowest BCUT2D eigenvalue weighted by Gasteiger charge is -2.27. The lowest BCUT2D eigenvalue weighted by Crippen LogP contribution is -2.38. The monoisotopic (exact) mass is 196 g/mol. The fourth-order valence-electron chi connectivity index (χ4n) is 1.97. The zero-order valence-electron chi connectivity index (χ0n) is 7.90. The van der Waals surface area contributed by atoms with Gasteiger partial charge in [-0.2, -0.15) is 5.10 Å². The predicted molar refractivity (Wildman–Crippen MR) is 47.7 cm³/mol. The second kappa shape index (κ2) is 2.81. The van der Waals surface area contributed by atoms with Gasteiger partial charge in [-0.1, -0.05) is 0 Å². The fraction of sp³-hybridized carbons (Fsp3) is 0.556. The number of carboxylic acid groups (broad SMARTS) is 1. The van der Waals surface area contributed by atoms with Crippen molar-refractivity contribution < 1.29 is 15.0 Å². The molecule has 2 rings (SSSR count). The molecule has 14 heavy (non-hydrogen) atoms. The van der Waals surface area contributed by atoms with Gasteiger partial charge in [0.15, 0.2) is 5.60 Å². The van der Waals surface area contributed by atoms with Crippen LogP contribution in [0.2, 0.25) is 0 Å². The maximum atomic E-state index is 11.0. The zero-order chi connectivity index (χ0) is 10.3. The highest BCUT2D eigenvalue weighted by atomic mass is 16.4. The van der Waals surface area contributed by atoms with Gasteiger partial charge in [-0.15, -0.1) is 0 Å². The van der Waals surface area contributed by atoms with E-state index in [1.807, 2.05) is 0 Å². The number of carboxylic acids is 1. The minimum Gasteiger partial charge on any atom is -0.479 e. The Hall–Kier alpha value is -1.36. The molecule has 1 aromatic heterocycles. The van der Waals surface area contributed by atoms with Crippen LogP contribution in [0.5, 0.6) is 0 Å². The smallest absolute Gasteiger partial charge is 0.340 e. The van der Waals surface area contributed by atoms with Gasteiger partial charge in [-0.25, -0.2) is 4.79 Å². The van der Waals surface area contributed by atoms with Crippen molar-refractivity contribution in [1.82, 2.24) is 9.78 Å². The number of nitrogens with zero attached hydrogens (tertiary/aromatic N) is 2. The highest BCUT2D eigenvalue weighted by molar-refractivity contribution is 5.79. The number of aliphatic hydroxyl groups is 1. The van der Waals surface area contributed by atoms with Crippen LogP contribution in [0.3, 0.4) is 0 Å². The number of aliphatic carboxylic acids is 1. The molecule has 1 aliphatic carbocycles. The Kier molecular flexibility index (Phi) is 1.85. The van der Waals surface area contributed by atoms with Gasteiger partial charge in [-0.05, 0) is 19.3 Å². The van der Waals surface area contributed by atoms with Crippen LogP contribution in [0.25, 0.3) is 0 Å². The van der Waals surface area contributed by atoms with E-state index in [-0.39, 0.29) is 6.42 Å². The van der Waals surface area contributed by atoms with E-state index in [0.29, 0.717) is 12.0 Å². The summed E-state index contributed by atoms with van der Waals surface area (Å²) in [5.41, 5.74) is -0.470. The maximum Gasteiger partial charge on any atom is 0.340 e. The maximum absolute atomic E-state index is 11.0. The molecule has 0 fully saturated rings. The van der Waals surface area contributed by atoms with Gasteiger partial charge in [0.25, 0.3) is 0 Å². The molecule has 0 aliphatic heterocycles. The topological polar surface area (TPSA) is 75.3 Å². The van der Waals surface area contributed by atoms with Crippen molar-refractivity contribution in [3.8, 4) is 0 Å². The number of fused-ring (bicyclic) bond motifs is 1. The molecule has 2 N–H and O–H groups in total. The SMILES string of the molecule is Cn1ncc2c1CCCC2(O)C(=O)O. The van der Waals surface area contributed by atoms with E-state index in [0.717, 1.165) is 12.1 Å². The number of hydrogen-bond acceptors (Lipinski definition) is 3. The third kappa shape index (κ3) is 1.05. The summed E-state index contributed by atoms with van der Waals surface area (Å²) in [6.45, 7) is 0. The number of aryl methyl sites for hydroxylation is 1. The third-order valence-corrected chi connectivity index (χ3v) is 2.81. The van der Waals surface area contributed by atoms with Crippen molar-refractivity contribution >= 4 is 5.97 Å². The van der Waals surface area contributed by atoms with E-state index in [1.54, 1.807) is 11.7 Å². The highest BCUT2D eigenvalue weighted by Crippen LogP contribution is 2.34. The zero-order valence-corrected chi connectivity index (χ0v) is 7.90. The molecular weight excluding hydrogens is 184 g/mol. The van der Waals surface area contributed by atoms with Crippen LogP contribution in [0.4, 0.5) is 0 Å². The summed E-state index contributed by atoms with van der Waals surface area (Å²) in [6.07, 6.45) is 3.17. The van der Waals surface area contributed by atoms with E-state index in [4.69, 9.17) is 5.11 Å². The quantitative estimate of drug-likeness (QED) is 0.664. The number of aromatic nitrogens is 2. The van der Waals surface area contributed by atoms with Crippen LogP contribution in [0, 0.1) is 0 Å². The molecular formula is C9H12N2O3. The molecule has 0 saturated heterocycles. The molecule has 76 valence electrons. The molecule has 0 aromatic carbocycles. The van der Waals surface area contributed by atoms with Gasteiger partial charge in [-0.3, -0.25) is 4.68 Å². The van der Waals surface area contributed by atoms with Crippen LogP contribution in [-0.4, -0.2) is 26.0 Å². The molecule has 5 heteroatoms. The van der Waals surface area contributed by atoms with Crippen molar-refractivity contribution in [3.63, 3.8) is 0 Å². The first-order valence-corrected chi connectivity index (χ1v) is 4.53. The van der Waals surface area contributed by atoms with E-state index in [1.165, 1.54) is 6.20 Å². The lowest BCUT2D eigenvalue weighted by atomic mass is 9.83. The van der Waals surface area contributed by atoms with E-state index in [2.05, 4.69) is 5.10 Å². The van der Waals surface area contributed by atoms with Crippen molar-refractivity contribution in [1.29, 1.82) is 0 Å². The summed E-state index contributed by atoms with van der Waals surface area (Å²) in [6, 6.07) is 0. The Labute approximate surface area is 81.0 Å². The molecule has 1 aromatic rings. The van der Waals surface area contributed by atoms with Crippen molar-refractivity contribution in [2.75, 3.05) is 0 Å². The number of rotatable bonds is 1. The Balaban J connectivity index is 2.56. The lowest BCUT2D eigenvalue weighted by molar-refractivity contribution is -0.161. The second-order valence-corrected chi connectivity index (χ2v) is 3.65. The Morgan fingerprint density at radius 3 is 3.07 bits per heavy atom. The van der Waals surface area contributed by atoms with Crippen molar-refractivity contribution in [2.45, 2.75) is 24.9 Å². The Morgan fingerprint density at radius 1 is 1.71 bits per heavy atom. The van der Waals surface area contributed by atoms with Gasteiger partial charge in [0.1, 0.15) is 0 Å². The molecule has 0 radical (unpaired) electrons. The Morgan fingerprint density at radius 2 is 2.43 bits per heavy atom. The molecule has 5 nitrogen and oxygen atoms in total. The molecule has 1 unspecified atom stereocenters. The first-order valence-electron chi connectivity index (χ1n) is 4.53. The van der Waals surface area contributed by atoms with Crippen LogP contribution in [0.15, 0.2) is 6.20 Å². The largest absolute Gasteiger partial charge is 0.479 e. The average molecular weight is 196 g/mol. The molecule has 0 amide bonds. The summed E-state index contributed by atoms with van der Waals surface area (Å²) in [5.74, 6) is -1.19. The van der Waals surface area contributed by atoms with Gasteiger partial charge in [0.2, 0.25) is 0 Å². The van der Waals surface area contributed by atoms with Gasteiger partial charge < -0.3 is 10.2 Å². The molecule has 1 heterocycles. The van der Waals surface area contributed by atoms with Crippen LogP contribution < -0.4 is 0 Å². The van der Waals surface area contributed by atoms with Gasteiger partial charge in [0.05, 0.1) is 6.20 Å². The summed E-state index contributed by atoms with van der Waals surface area (Å²) >= 11 is 0. The van der Waals surface area contributed by atoms with E-state index in [9.17, 15) is 9.90 Å². The first kappa shape index (κ1) is 9.21. The summed E-state index contributed by atoms with van der Waals surface area (Å²) in [5, 5.41) is 22.9. The standard InChI is InChI=1S/C9H12N2O3/c1-11-7-3-2-4-9(14,8(12)13)6(7)5-10-11/h5,14H,2-4H2,1H3,(H,12,13). The second-order valence-electron chi connectivity index (χ2n) is 3.65. The van der Waals surface area contributed by atoms with Gasteiger partial charge >= 0.3 is 5.97 Å². The normalized spacial score (nSPS) is 25.9. The highest BCUT2D eigenvalue weighted by Gasteiger charge is 2.43. The summed E-state index contributed by atoms with van der Waals surface area (Å²) in [7, 11) is 1.76. The molecule has 0 saturated carbocycles. The van der Waals surface area contributed by atoms with Crippen LogP contribution >= 0.6 is 0 Å². The predicted octanol–water partition coefficient (Wildman–Crippen LogP) is 0.0286. The fourth-order valence-corrected chi connectivity index (χ4v) is 1.97. The first-order chi connectivity index (χ1) is 6.55. The van der Waals surface area contributed by atoms with E-state index >= 15 is 0 Å². The van der Waals surface area contributed by atoms with Crippen molar-refractivity contribution in [3.05, 3.63) is 17.5 Å². The average Bonchev–Trinajstić information content (AvgIpc) is 2.50. The molecule has 1 atom stereocenters. The summed E-state index contributed by atoms with van der Waals surface area (Å²) < 4.78 is 1.63. The van der Waals surface area contributed by atoms with Crippen molar-refractivity contribution in [2.24, 2.45) is 7.05 Å². The third-order valence-electron chi connectivity index (χ3n) is 2.81. The number of hydrogen-bond donors (Lipinski definition) is 2. The summed E-state index contributed by atoms with van der Waals surface area (Å²) in [4.78, 5) is 11.0. The van der Waals surface area contributed by atoms with Crippen LogP contribution in [-0.2, 0) is 23.9 Å². The Bertz CT molecular complexity index is 385. The number of carbonyl (C=O) groups is 1. The molecule has 0 bridgehead atoms. The van der Waals surface area contributed by atoms with Crippen LogP contribution in [0.1, 0.15) is 24.1 Å².